The van der Waals surface area contributed by atoms with Crippen molar-refractivity contribution < 1.29 is 9.90 Å². The van der Waals surface area contributed by atoms with Crippen LogP contribution in [0.1, 0.15) is 45.4 Å². The van der Waals surface area contributed by atoms with Crippen molar-refractivity contribution in [3.63, 3.8) is 0 Å². The van der Waals surface area contributed by atoms with E-state index in [1.54, 1.807) is 0 Å². The summed E-state index contributed by atoms with van der Waals surface area (Å²) >= 11 is 1.90. The molecule has 1 aliphatic heterocycles. The summed E-state index contributed by atoms with van der Waals surface area (Å²) in [5, 5.41) is 16.8. The number of hydrogen-bond acceptors (Lipinski definition) is 4. The maximum Gasteiger partial charge on any atom is 0.221 e. The monoisotopic (exact) mass is 300 g/mol. The van der Waals surface area contributed by atoms with Crippen LogP contribution in [0, 0.1) is 5.92 Å². The minimum atomic E-state index is -0.671. The molecule has 1 atom stereocenters. The van der Waals surface area contributed by atoms with E-state index < -0.39 is 5.60 Å². The topological polar surface area (TPSA) is 61.4 Å². The van der Waals surface area contributed by atoms with Crippen molar-refractivity contribution >= 4 is 17.7 Å². The maximum absolute atomic E-state index is 11.9. The third-order valence-electron chi connectivity index (χ3n) is 4.66. The number of thioether (sulfide) groups is 1. The number of hydrogen-bond donors (Lipinski definition) is 3. The Morgan fingerprint density at radius 2 is 2.20 bits per heavy atom. The minimum absolute atomic E-state index is 0.0658. The lowest BCUT2D eigenvalue weighted by Crippen LogP contribution is -2.47. The Balaban J connectivity index is 1.67. The van der Waals surface area contributed by atoms with Gasteiger partial charge < -0.3 is 15.7 Å². The van der Waals surface area contributed by atoms with Gasteiger partial charge in [-0.2, -0.15) is 11.8 Å². The van der Waals surface area contributed by atoms with Crippen molar-refractivity contribution in [2.75, 3.05) is 24.6 Å². The number of carbonyl (C=O) groups is 1. The molecule has 0 aromatic carbocycles. The molecule has 0 spiro atoms. The average Bonchev–Trinajstić information content (AvgIpc) is 2.47. The summed E-state index contributed by atoms with van der Waals surface area (Å²) in [6.07, 6.45) is 5.55. The van der Waals surface area contributed by atoms with E-state index in [2.05, 4.69) is 17.6 Å². The lowest BCUT2D eigenvalue weighted by atomic mass is 9.78. The average molecular weight is 300 g/mol. The van der Waals surface area contributed by atoms with Gasteiger partial charge in [0.15, 0.2) is 0 Å². The Labute approximate surface area is 126 Å². The second-order valence-electron chi connectivity index (χ2n) is 6.28. The summed E-state index contributed by atoms with van der Waals surface area (Å²) in [6, 6.07) is 0.291. The summed E-state index contributed by atoms with van der Waals surface area (Å²) in [5.74, 6) is 2.97. The SMILES string of the molecule is CCC1CCC(O)(CNC(=O)CC2CSCCN2)CC1. The number of carbonyl (C=O) groups excluding carboxylic acids is 1. The van der Waals surface area contributed by atoms with Gasteiger partial charge in [0.05, 0.1) is 5.60 Å². The maximum atomic E-state index is 11.9. The summed E-state index contributed by atoms with van der Waals surface area (Å²) in [6.45, 7) is 3.62. The van der Waals surface area contributed by atoms with Gasteiger partial charge >= 0.3 is 0 Å². The first kappa shape index (κ1) is 16.1. The van der Waals surface area contributed by atoms with Crippen LogP contribution >= 0.6 is 11.8 Å². The van der Waals surface area contributed by atoms with Crippen LogP contribution < -0.4 is 10.6 Å². The first-order valence-corrected chi connectivity index (χ1v) is 9.07. The molecule has 1 amide bonds. The van der Waals surface area contributed by atoms with Crippen LogP contribution in [0.4, 0.5) is 0 Å². The lowest BCUT2D eigenvalue weighted by Gasteiger charge is -2.36. The quantitative estimate of drug-likeness (QED) is 0.720. The van der Waals surface area contributed by atoms with Crippen LogP contribution in [0.25, 0.3) is 0 Å². The molecular formula is C15H28N2O2S. The van der Waals surface area contributed by atoms with Gasteiger partial charge in [-0.05, 0) is 31.6 Å². The van der Waals surface area contributed by atoms with Gasteiger partial charge in [-0.3, -0.25) is 4.79 Å². The van der Waals surface area contributed by atoms with E-state index in [4.69, 9.17) is 0 Å². The zero-order chi connectivity index (χ0) is 14.4. The molecule has 0 aromatic rings. The molecule has 5 heteroatoms. The van der Waals surface area contributed by atoms with Crippen LogP contribution in [0.3, 0.4) is 0 Å². The fourth-order valence-corrected chi connectivity index (χ4v) is 4.06. The van der Waals surface area contributed by atoms with Crippen molar-refractivity contribution in [3.05, 3.63) is 0 Å². The third-order valence-corrected chi connectivity index (χ3v) is 5.79. The van der Waals surface area contributed by atoms with Crippen LogP contribution in [0.2, 0.25) is 0 Å². The molecule has 1 aliphatic carbocycles. The highest BCUT2D eigenvalue weighted by Crippen LogP contribution is 2.33. The van der Waals surface area contributed by atoms with Gasteiger partial charge in [0, 0.05) is 37.1 Å². The first-order valence-electron chi connectivity index (χ1n) is 7.91. The normalized spacial score (nSPS) is 34.7. The zero-order valence-electron chi connectivity index (χ0n) is 12.5. The van der Waals surface area contributed by atoms with Gasteiger partial charge in [0.25, 0.3) is 0 Å². The molecule has 0 radical (unpaired) electrons. The van der Waals surface area contributed by atoms with Crippen LogP contribution in [0.15, 0.2) is 0 Å². The van der Waals surface area contributed by atoms with Crippen molar-refractivity contribution in [1.29, 1.82) is 0 Å². The molecule has 0 bridgehead atoms. The van der Waals surface area contributed by atoms with E-state index in [1.165, 1.54) is 6.42 Å². The largest absolute Gasteiger partial charge is 0.388 e. The molecule has 20 heavy (non-hydrogen) atoms. The standard InChI is InChI=1S/C15H28N2O2S/c1-2-12-3-5-15(19,6-4-12)11-17-14(18)9-13-10-20-8-7-16-13/h12-13,16,19H,2-11H2,1H3,(H,17,18). The second kappa shape index (κ2) is 7.66. The van der Waals surface area contributed by atoms with Gasteiger partial charge in [-0.1, -0.05) is 13.3 Å². The Morgan fingerprint density at radius 3 is 2.80 bits per heavy atom. The zero-order valence-corrected chi connectivity index (χ0v) is 13.3. The highest BCUT2D eigenvalue weighted by molar-refractivity contribution is 7.99. The van der Waals surface area contributed by atoms with Crippen molar-refractivity contribution in [1.82, 2.24) is 10.6 Å². The van der Waals surface area contributed by atoms with Crippen molar-refractivity contribution in [3.8, 4) is 0 Å². The molecule has 2 aliphatic rings. The van der Waals surface area contributed by atoms with Gasteiger partial charge in [0.2, 0.25) is 5.91 Å². The molecule has 3 N–H and O–H groups in total. The molecular weight excluding hydrogens is 272 g/mol. The summed E-state index contributed by atoms with van der Waals surface area (Å²) < 4.78 is 0. The predicted octanol–water partition coefficient (Wildman–Crippen LogP) is 1.53. The predicted molar refractivity (Wildman–Crippen MR) is 83.9 cm³/mol. The summed E-state index contributed by atoms with van der Waals surface area (Å²) in [7, 11) is 0. The molecule has 0 aromatic heterocycles. The van der Waals surface area contributed by atoms with Crippen molar-refractivity contribution in [2.45, 2.75) is 57.1 Å². The molecule has 2 fully saturated rings. The van der Waals surface area contributed by atoms with E-state index in [0.29, 0.717) is 19.0 Å². The fraction of sp³-hybridized carbons (Fsp3) is 0.933. The molecule has 1 saturated carbocycles. The summed E-state index contributed by atoms with van der Waals surface area (Å²) in [5.41, 5.74) is -0.671. The van der Waals surface area contributed by atoms with Crippen LogP contribution in [-0.2, 0) is 4.79 Å². The highest BCUT2D eigenvalue weighted by atomic mass is 32.2. The minimum Gasteiger partial charge on any atom is -0.388 e. The fourth-order valence-electron chi connectivity index (χ4n) is 3.11. The van der Waals surface area contributed by atoms with Gasteiger partial charge in [-0.15, -0.1) is 0 Å². The molecule has 1 heterocycles. The first-order chi connectivity index (χ1) is 9.61. The second-order valence-corrected chi connectivity index (χ2v) is 7.43. The Hall–Kier alpha value is -0.260. The highest BCUT2D eigenvalue weighted by Gasteiger charge is 2.33. The van der Waals surface area contributed by atoms with Gasteiger partial charge in [0.1, 0.15) is 0 Å². The van der Waals surface area contributed by atoms with Gasteiger partial charge in [-0.25, -0.2) is 0 Å². The lowest BCUT2D eigenvalue weighted by molar-refractivity contribution is -0.123. The summed E-state index contributed by atoms with van der Waals surface area (Å²) in [4.78, 5) is 11.9. The van der Waals surface area contributed by atoms with E-state index in [-0.39, 0.29) is 5.91 Å². The molecule has 1 saturated heterocycles. The number of rotatable bonds is 5. The van der Waals surface area contributed by atoms with Crippen LogP contribution in [-0.4, -0.2) is 47.3 Å². The molecule has 2 rings (SSSR count). The number of amides is 1. The Bertz CT molecular complexity index is 311. The smallest absolute Gasteiger partial charge is 0.221 e. The molecule has 116 valence electrons. The van der Waals surface area contributed by atoms with Crippen molar-refractivity contribution in [2.24, 2.45) is 5.92 Å². The van der Waals surface area contributed by atoms with E-state index >= 15 is 0 Å². The Kier molecular flexibility index (Phi) is 6.18. The van der Waals surface area contributed by atoms with E-state index in [9.17, 15) is 9.90 Å². The number of nitrogens with one attached hydrogen (secondary N) is 2. The van der Waals surface area contributed by atoms with E-state index in [1.807, 2.05) is 11.8 Å². The van der Waals surface area contributed by atoms with E-state index in [0.717, 1.165) is 49.7 Å². The molecule has 4 nitrogen and oxygen atoms in total. The molecule has 1 unspecified atom stereocenters. The third kappa shape index (κ3) is 4.93. The van der Waals surface area contributed by atoms with Crippen LogP contribution in [0.5, 0.6) is 0 Å². The number of aliphatic hydroxyl groups is 1. The Morgan fingerprint density at radius 1 is 1.45 bits per heavy atom.